The van der Waals surface area contributed by atoms with Crippen molar-refractivity contribution in [1.29, 1.82) is 0 Å². The summed E-state index contributed by atoms with van der Waals surface area (Å²) in [5.41, 5.74) is 2.82. The van der Waals surface area contributed by atoms with Gasteiger partial charge >= 0.3 is 0 Å². The zero-order chi connectivity index (χ0) is 21.0. The monoisotopic (exact) mass is 433 g/mol. The summed E-state index contributed by atoms with van der Waals surface area (Å²) in [5, 5.41) is 10.2. The summed E-state index contributed by atoms with van der Waals surface area (Å²) < 4.78 is 7.11. The van der Waals surface area contributed by atoms with Crippen LogP contribution < -0.4 is 5.32 Å². The molecule has 8 heteroatoms. The SMILES string of the molecule is O=C(Nc1nc(CN2CCCCC2)cs1)c1cc(-c2ccco2)nn1-c1ccccc1. The minimum Gasteiger partial charge on any atom is -0.463 e. The van der Waals surface area contributed by atoms with E-state index in [4.69, 9.17) is 4.42 Å². The topological polar surface area (TPSA) is 76.2 Å². The van der Waals surface area contributed by atoms with E-state index in [1.165, 1.54) is 30.6 Å². The van der Waals surface area contributed by atoms with Gasteiger partial charge in [-0.25, -0.2) is 9.67 Å². The van der Waals surface area contributed by atoms with Gasteiger partial charge < -0.3 is 4.42 Å². The third-order valence-electron chi connectivity index (χ3n) is 5.32. The van der Waals surface area contributed by atoms with Crippen molar-refractivity contribution in [2.75, 3.05) is 18.4 Å². The summed E-state index contributed by atoms with van der Waals surface area (Å²) >= 11 is 1.45. The summed E-state index contributed by atoms with van der Waals surface area (Å²) in [6.45, 7) is 3.06. The van der Waals surface area contributed by atoms with Crippen molar-refractivity contribution in [3.63, 3.8) is 0 Å². The molecule has 1 fully saturated rings. The second-order valence-electron chi connectivity index (χ2n) is 7.57. The minimum absolute atomic E-state index is 0.256. The van der Waals surface area contributed by atoms with Crippen molar-refractivity contribution in [2.24, 2.45) is 0 Å². The smallest absolute Gasteiger partial charge is 0.276 e. The maximum atomic E-state index is 13.1. The van der Waals surface area contributed by atoms with E-state index in [0.29, 0.717) is 22.3 Å². The molecule has 0 unspecified atom stereocenters. The molecule has 1 N–H and O–H groups in total. The Labute approximate surface area is 184 Å². The fraction of sp³-hybridized carbons (Fsp3) is 0.261. The van der Waals surface area contributed by atoms with Crippen LogP contribution in [0.3, 0.4) is 0 Å². The second kappa shape index (κ2) is 8.87. The van der Waals surface area contributed by atoms with Crippen molar-refractivity contribution in [3.8, 4) is 17.1 Å². The highest BCUT2D eigenvalue weighted by molar-refractivity contribution is 7.13. The van der Waals surface area contributed by atoms with E-state index >= 15 is 0 Å². The lowest BCUT2D eigenvalue weighted by Gasteiger charge is -2.25. The average molecular weight is 434 g/mol. The average Bonchev–Trinajstić information content (AvgIpc) is 3.56. The van der Waals surface area contributed by atoms with Gasteiger partial charge in [0.05, 0.1) is 17.6 Å². The molecule has 5 rings (SSSR count). The molecule has 0 aliphatic carbocycles. The molecular formula is C23H23N5O2S. The highest BCUT2D eigenvalue weighted by Gasteiger charge is 2.20. The molecule has 4 heterocycles. The van der Waals surface area contributed by atoms with E-state index in [-0.39, 0.29) is 5.91 Å². The Balaban J connectivity index is 1.37. The molecule has 3 aromatic heterocycles. The van der Waals surface area contributed by atoms with Crippen LogP contribution in [0, 0.1) is 0 Å². The third kappa shape index (κ3) is 4.45. The molecule has 0 bridgehead atoms. The number of hydrogen-bond donors (Lipinski definition) is 1. The summed E-state index contributed by atoms with van der Waals surface area (Å²) in [7, 11) is 0. The maximum absolute atomic E-state index is 13.1. The number of nitrogens with one attached hydrogen (secondary N) is 1. The number of likely N-dealkylation sites (tertiary alicyclic amines) is 1. The molecule has 0 radical (unpaired) electrons. The molecule has 0 saturated carbocycles. The van der Waals surface area contributed by atoms with Crippen LogP contribution in [0.5, 0.6) is 0 Å². The van der Waals surface area contributed by atoms with Crippen LogP contribution in [-0.4, -0.2) is 38.7 Å². The molecule has 4 aromatic rings. The van der Waals surface area contributed by atoms with Crippen molar-refractivity contribution in [3.05, 3.63) is 71.6 Å². The molecule has 1 saturated heterocycles. The molecule has 31 heavy (non-hydrogen) atoms. The lowest BCUT2D eigenvalue weighted by molar-refractivity contribution is 0.101. The molecular weight excluding hydrogens is 410 g/mol. The van der Waals surface area contributed by atoms with Gasteiger partial charge in [-0.3, -0.25) is 15.0 Å². The van der Waals surface area contributed by atoms with Crippen LogP contribution in [0.15, 0.2) is 64.6 Å². The number of furan rings is 1. The van der Waals surface area contributed by atoms with E-state index in [9.17, 15) is 4.79 Å². The van der Waals surface area contributed by atoms with Crippen LogP contribution in [-0.2, 0) is 6.54 Å². The number of rotatable bonds is 6. The van der Waals surface area contributed by atoms with Gasteiger partial charge in [-0.15, -0.1) is 11.3 Å². The van der Waals surface area contributed by atoms with Crippen molar-refractivity contribution >= 4 is 22.4 Å². The molecule has 1 aliphatic rings. The quantitative estimate of drug-likeness (QED) is 0.471. The predicted molar refractivity (Wildman–Crippen MR) is 120 cm³/mol. The molecule has 158 valence electrons. The molecule has 7 nitrogen and oxygen atoms in total. The zero-order valence-electron chi connectivity index (χ0n) is 17.0. The highest BCUT2D eigenvalue weighted by atomic mass is 32.1. The lowest BCUT2D eigenvalue weighted by Crippen LogP contribution is -2.29. The van der Waals surface area contributed by atoms with Crippen LogP contribution in [0.2, 0.25) is 0 Å². The van der Waals surface area contributed by atoms with E-state index < -0.39 is 0 Å². The Morgan fingerprint density at radius 3 is 2.71 bits per heavy atom. The number of carbonyl (C=O) groups excluding carboxylic acids is 1. The van der Waals surface area contributed by atoms with Gasteiger partial charge in [0.25, 0.3) is 5.91 Å². The van der Waals surface area contributed by atoms with Crippen LogP contribution in [0.1, 0.15) is 35.4 Å². The fourth-order valence-electron chi connectivity index (χ4n) is 3.80. The van der Waals surface area contributed by atoms with Crippen molar-refractivity contribution < 1.29 is 9.21 Å². The number of anilines is 1. The molecule has 1 aliphatic heterocycles. The van der Waals surface area contributed by atoms with Gasteiger partial charge in [0.2, 0.25) is 0 Å². The van der Waals surface area contributed by atoms with Crippen LogP contribution in [0.25, 0.3) is 17.1 Å². The fourth-order valence-corrected chi connectivity index (χ4v) is 4.49. The van der Waals surface area contributed by atoms with Crippen molar-refractivity contribution in [2.45, 2.75) is 25.8 Å². The standard InChI is InChI=1S/C23H23N5O2S/c29-22(25-23-24-17(16-31-23)15-27-11-5-2-6-12-27)20-14-19(21-10-7-13-30-21)26-28(20)18-8-3-1-4-9-18/h1,3-4,7-10,13-14,16H,2,5-6,11-12,15H2,(H,24,25,29). The van der Waals surface area contributed by atoms with Gasteiger partial charge in [0, 0.05) is 18.0 Å². The van der Waals surface area contributed by atoms with E-state index in [1.807, 2.05) is 41.8 Å². The summed E-state index contributed by atoms with van der Waals surface area (Å²) in [4.78, 5) is 20.2. The van der Waals surface area contributed by atoms with E-state index in [2.05, 4.69) is 20.3 Å². The number of aromatic nitrogens is 3. The summed E-state index contributed by atoms with van der Waals surface area (Å²) in [6, 6.07) is 15.0. The number of carbonyl (C=O) groups is 1. The summed E-state index contributed by atoms with van der Waals surface area (Å²) in [5.74, 6) is 0.356. The molecule has 0 atom stereocenters. The van der Waals surface area contributed by atoms with Gasteiger partial charge in [-0.1, -0.05) is 24.6 Å². The predicted octanol–water partition coefficient (Wildman–Crippen LogP) is 4.83. The molecule has 1 aromatic carbocycles. The molecule has 0 spiro atoms. The van der Waals surface area contributed by atoms with Crippen LogP contribution in [0.4, 0.5) is 5.13 Å². The number of hydrogen-bond acceptors (Lipinski definition) is 6. The number of para-hydroxylation sites is 1. The minimum atomic E-state index is -0.256. The van der Waals surface area contributed by atoms with Gasteiger partial charge in [0.1, 0.15) is 11.4 Å². The number of benzene rings is 1. The zero-order valence-corrected chi connectivity index (χ0v) is 17.8. The Morgan fingerprint density at radius 1 is 1.10 bits per heavy atom. The second-order valence-corrected chi connectivity index (χ2v) is 8.43. The first kappa shape index (κ1) is 19.7. The van der Waals surface area contributed by atoms with E-state index in [0.717, 1.165) is 31.0 Å². The van der Waals surface area contributed by atoms with Gasteiger partial charge in [-0.05, 0) is 50.2 Å². The van der Waals surface area contributed by atoms with Crippen LogP contribution >= 0.6 is 11.3 Å². The number of piperidine rings is 1. The Kier molecular flexibility index (Phi) is 5.64. The Morgan fingerprint density at radius 2 is 1.94 bits per heavy atom. The van der Waals surface area contributed by atoms with E-state index in [1.54, 1.807) is 23.1 Å². The Hall–Kier alpha value is -3.23. The number of nitrogens with zero attached hydrogens (tertiary/aromatic N) is 4. The normalized spacial score (nSPS) is 14.6. The van der Waals surface area contributed by atoms with Crippen molar-refractivity contribution in [1.82, 2.24) is 19.7 Å². The third-order valence-corrected chi connectivity index (χ3v) is 6.13. The molecule has 1 amide bonds. The van der Waals surface area contributed by atoms with Gasteiger partial charge in [0.15, 0.2) is 10.9 Å². The first-order chi connectivity index (χ1) is 15.3. The lowest BCUT2D eigenvalue weighted by atomic mass is 10.1. The number of amides is 1. The first-order valence-electron chi connectivity index (χ1n) is 10.4. The Bertz CT molecular complexity index is 1140. The first-order valence-corrected chi connectivity index (χ1v) is 11.3. The largest absolute Gasteiger partial charge is 0.463 e. The maximum Gasteiger partial charge on any atom is 0.276 e. The number of thiazole rings is 1. The highest BCUT2D eigenvalue weighted by Crippen LogP contribution is 2.24. The summed E-state index contributed by atoms with van der Waals surface area (Å²) in [6.07, 6.45) is 5.39. The van der Waals surface area contributed by atoms with Gasteiger partial charge in [-0.2, -0.15) is 5.10 Å².